The maximum atomic E-state index is 12.7. The fourth-order valence-electron chi connectivity index (χ4n) is 2.73. The van der Waals surface area contributed by atoms with Gasteiger partial charge >= 0.3 is 6.18 Å². The number of aromatic nitrogens is 2. The highest BCUT2D eigenvalue weighted by atomic mass is 32.1. The Bertz CT molecular complexity index is 837. The minimum absolute atomic E-state index is 0.0482. The van der Waals surface area contributed by atoms with Gasteiger partial charge in [-0.05, 0) is 25.0 Å². The van der Waals surface area contributed by atoms with Gasteiger partial charge in [0.2, 0.25) is 16.9 Å². The van der Waals surface area contributed by atoms with Gasteiger partial charge in [-0.25, -0.2) is 0 Å². The quantitative estimate of drug-likeness (QED) is 0.563. The van der Waals surface area contributed by atoms with E-state index in [1.807, 2.05) is 13.8 Å². The molecule has 0 unspecified atom stereocenters. The summed E-state index contributed by atoms with van der Waals surface area (Å²) in [6.07, 6.45) is -1.22. The van der Waals surface area contributed by atoms with Gasteiger partial charge in [0.1, 0.15) is 5.01 Å². The molecule has 2 aromatic rings. The molecule has 0 fully saturated rings. The van der Waals surface area contributed by atoms with Crippen molar-refractivity contribution in [1.29, 1.82) is 0 Å². The third-order valence-corrected chi connectivity index (χ3v) is 5.22. The Morgan fingerprint density at radius 1 is 1.03 bits per heavy atom. The van der Waals surface area contributed by atoms with Gasteiger partial charge in [0.15, 0.2) is 0 Å². The smallest absolute Gasteiger partial charge is 0.342 e. The zero-order valence-corrected chi connectivity index (χ0v) is 17.8. The van der Waals surface area contributed by atoms with E-state index in [4.69, 9.17) is 0 Å². The van der Waals surface area contributed by atoms with Gasteiger partial charge in [-0.1, -0.05) is 43.7 Å². The van der Waals surface area contributed by atoms with E-state index in [1.165, 1.54) is 12.1 Å². The number of anilines is 1. The highest BCUT2D eigenvalue weighted by Gasteiger charge is 2.30. The lowest BCUT2D eigenvalue weighted by molar-refractivity contribution is -0.137. The predicted molar refractivity (Wildman–Crippen MR) is 110 cm³/mol. The highest BCUT2D eigenvalue weighted by Crippen LogP contribution is 2.32. The molecule has 0 aliphatic rings. The molecule has 1 aromatic heterocycles. The Morgan fingerprint density at radius 2 is 1.73 bits per heavy atom. The van der Waals surface area contributed by atoms with Crippen molar-refractivity contribution in [1.82, 2.24) is 15.1 Å². The number of carbonyl (C=O) groups excluding carboxylic acids is 2. The van der Waals surface area contributed by atoms with Gasteiger partial charge in [0.25, 0.3) is 0 Å². The van der Waals surface area contributed by atoms with Crippen LogP contribution in [0.15, 0.2) is 24.3 Å². The van der Waals surface area contributed by atoms with E-state index in [0.717, 1.165) is 42.7 Å². The summed E-state index contributed by atoms with van der Waals surface area (Å²) in [5.74, 6) is -0.249. The molecule has 164 valence electrons. The Kier molecular flexibility index (Phi) is 8.76. The number of halogens is 3. The van der Waals surface area contributed by atoms with Crippen LogP contribution in [0.4, 0.5) is 18.3 Å². The molecule has 2 amide bonds. The molecule has 1 heterocycles. The summed E-state index contributed by atoms with van der Waals surface area (Å²) in [6, 6.07) is 4.60. The van der Waals surface area contributed by atoms with Crippen molar-refractivity contribution in [2.75, 3.05) is 18.4 Å². The minimum atomic E-state index is -4.40. The summed E-state index contributed by atoms with van der Waals surface area (Å²) in [4.78, 5) is 26.1. The predicted octanol–water partition coefficient (Wildman–Crippen LogP) is 4.98. The van der Waals surface area contributed by atoms with Gasteiger partial charge < -0.3 is 10.2 Å². The second-order valence-corrected chi connectivity index (χ2v) is 7.75. The topological polar surface area (TPSA) is 75.2 Å². The van der Waals surface area contributed by atoms with E-state index in [-0.39, 0.29) is 23.4 Å². The van der Waals surface area contributed by atoms with E-state index in [1.54, 1.807) is 4.90 Å². The molecule has 2 rings (SSSR count). The number of benzene rings is 1. The zero-order valence-electron chi connectivity index (χ0n) is 17.0. The van der Waals surface area contributed by atoms with Crippen LogP contribution < -0.4 is 5.32 Å². The van der Waals surface area contributed by atoms with Crippen LogP contribution in [0.1, 0.15) is 51.5 Å². The fraction of sp³-hybridized carbons (Fsp3) is 0.500. The fourth-order valence-corrected chi connectivity index (χ4v) is 3.49. The first-order valence-corrected chi connectivity index (χ1v) is 10.6. The van der Waals surface area contributed by atoms with Crippen LogP contribution in [0.2, 0.25) is 0 Å². The van der Waals surface area contributed by atoms with Gasteiger partial charge in [-0.2, -0.15) is 13.2 Å². The maximum Gasteiger partial charge on any atom is 0.416 e. The lowest BCUT2D eigenvalue weighted by atomic mass is 10.1. The summed E-state index contributed by atoms with van der Waals surface area (Å²) >= 11 is 1.07. The number of unbranched alkanes of at least 4 members (excludes halogenated alkanes) is 1. The van der Waals surface area contributed by atoms with Gasteiger partial charge in [-0.3, -0.25) is 9.59 Å². The van der Waals surface area contributed by atoms with E-state index < -0.39 is 11.7 Å². The van der Waals surface area contributed by atoms with Crippen LogP contribution >= 0.6 is 11.3 Å². The third kappa shape index (κ3) is 7.08. The van der Waals surface area contributed by atoms with Crippen molar-refractivity contribution in [2.45, 2.75) is 52.1 Å². The standard InChI is InChI=1S/C20H25F3N4O2S/c1-3-5-6-17(29)27(12-4-2)13-11-16(28)24-19-26-25-18(30-19)14-7-9-15(10-8-14)20(21,22)23/h7-10H,3-6,11-13H2,1-2H3,(H,24,26,28). The number of alkyl halides is 3. The summed E-state index contributed by atoms with van der Waals surface area (Å²) in [7, 11) is 0. The molecule has 0 aliphatic heterocycles. The third-order valence-electron chi connectivity index (χ3n) is 4.33. The summed E-state index contributed by atoms with van der Waals surface area (Å²) in [5, 5.41) is 11.1. The summed E-state index contributed by atoms with van der Waals surface area (Å²) < 4.78 is 38.0. The van der Waals surface area contributed by atoms with Crippen LogP contribution in [-0.2, 0) is 15.8 Å². The maximum absolute atomic E-state index is 12.7. The lowest BCUT2D eigenvalue weighted by Crippen LogP contribution is -2.34. The SMILES string of the molecule is CCCCC(=O)N(CCC)CCC(=O)Nc1nnc(-c2ccc(C(F)(F)F)cc2)s1. The van der Waals surface area contributed by atoms with Crippen LogP contribution in [0.3, 0.4) is 0 Å². The number of rotatable bonds is 10. The molecule has 6 nitrogen and oxygen atoms in total. The molecule has 10 heteroatoms. The Hall–Kier alpha value is -2.49. The molecular weight excluding hydrogens is 417 g/mol. The molecule has 1 aromatic carbocycles. The number of nitrogens with one attached hydrogen (secondary N) is 1. The van der Waals surface area contributed by atoms with Crippen molar-refractivity contribution in [3.63, 3.8) is 0 Å². The summed E-state index contributed by atoms with van der Waals surface area (Å²) in [6.45, 7) is 4.93. The van der Waals surface area contributed by atoms with E-state index in [0.29, 0.717) is 30.1 Å². The monoisotopic (exact) mass is 442 g/mol. The second kappa shape index (κ2) is 11.1. The molecule has 30 heavy (non-hydrogen) atoms. The number of nitrogens with zero attached hydrogens (tertiary/aromatic N) is 3. The molecule has 0 aliphatic carbocycles. The van der Waals surface area contributed by atoms with Crippen molar-refractivity contribution in [3.05, 3.63) is 29.8 Å². The molecule has 0 atom stereocenters. The van der Waals surface area contributed by atoms with Crippen LogP contribution in [0.25, 0.3) is 10.6 Å². The Labute approximate surface area is 177 Å². The van der Waals surface area contributed by atoms with Crippen molar-refractivity contribution in [2.24, 2.45) is 0 Å². The first-order valence-electron chi connectivity index (χ1n) is 9.83. The largest absolute Gasteiger partial charge is 0.416 e. The van der Waals surface area contributed by atoms with Crippen molar-refractivity contribution >= 4 is 28.3 Å². The number of carbonyl (C=O) groups is 2. The zero-order chi connectivity index (χ0) is 22.1. The number of amides is 2. The van der Waals surface area contributed by atoms with Crippen LogP contribution in [-0.4, -0.2) is 40.0 Å². The Morgan fingerprint density at radius 3 is 2.33 bits per heavy atom. The normalized spacial score (nSPS) is 11.4. The van der Waals surface area contributed by atoms with E-state index in [2.05, 4.69) is 15.5 Å². The molecule has 0 saturated carbocycles. The molecule has 0 spiro atoms. The average Bonchev–Trinajstić information content (AvgIpc) is 3.17. The second-order valence-electron chi connectivity index (χ2n) is 6.77. The van der Waals surface area contributed by atoms with Crippen LogP contribution in [0, 0.1) is 0 Å². The molecule has 0 radical (unpaired) electrons. The van der Waals surface area contributed by atoms with E-state index in [9.17, 15) is 22.8 Å². The summed E-state index contributed by atoms with van der Waals surface area (Å²) in [5.41, 5.74) is -0.258. The van der Waals surface area contributed by atoms with Crippen LogP contribution in [0.5, 0.6) is 0 Å². The average molecular weight is 443 g/mol. The van der Waals surface area contributed by atoms with Gasteiger partial charge in [0.05, 0.1) is 5.56 Å². The number of hydrogen-bond donors (Lipinski definition) is 1. The highest BCUT2D eigenvalue weighted by molar-refractivity contribution is 7.18. The molecule has 0 saturated heterocycles. The first kappa shape index (κ1) is 23.8. The minimum Gasteiger partial charge on any atom is -0.342 e. The van der Waals surface area contributed by atoms with Crippen molar-refractivity contribution < 1.29 is 22.8 Å². The van der Waals surface area contributed by atoms with Gasteiger partial charge in [0, 0.05) is 31.5 Å². The lowest BCUT2D eigenvalue weighted by Gasteiger charge is -2.21. The van der Waals surface area contributed by atoms with E-state index >= 15 is 0 Å². The van der Waals surface area contributed by atoms with Gasteiger partial charge in [-0.15, -0.1) is 10.2 Å². The van der Waals surface area contributed by atoms with Crippen molar-refractivity contribution in [3.8, 4) is 10.6 Å². The molecule has 0 bridgehead atoms. The number of hydrogen-bond acceptors (Lipinski definition) is 5. The molecular formula is C20H25F3N4O2S. The Balaban J connectivity index is 1.92. The first-order chi connectivity index (χ1) is 14.2. The molecule has 1 N–H and O–H groups in total.